The van der Waals surface area contributed by atoms with Crippen LogP contribution in [0.5, 0.6) is 0 Å². The summed E-state index contributed by atoms with van der Waals surface area (Å²) in [6, 6.07) is 13.6. The highest BCUT2D eigenvalue weighted by atomic mass is 35.5. The number of carbonyl (C=O) groups is 2. The molecule has 0 aliphatic rings. The molecule has 0 aliphatic heterocycles. The molecular weight excluding hydrogens is 403 g/mol. The summed E-state index contributed by atoms with van der Waals surface area (Å²) in [5.41, 5.74) is 2.98. The quantitative estimate of drug-likeness (QED) is 0.576. The molecule has 3 rings (SSSR count). The third-order valence-corrected chi connectivity index (χ3v) is 5.42. The number of hydrogen-bond acceptors (Lipinski definition) is 3. The van der Waals surface area contributed by atoms with E-state index in [1.165, 1.54) is 0 Å². The van der Waals surface area contributed by atoms with Gasteiger partial charge in [0.05, 0.1) is 15.6 Å². The maximum Gasteiger partial charge on any atom is 0.253 e. The molecule has 1 heterocycles. The first-order chi connectivity index (χ1) is 13.0. The molecule has 0 saturated carbocycles. The lowest BCUT2D eigenvalue weighted by atomic mass is 10.1. The highest BCUT2D eigenvalue weighted by molar-refractivity contribution is 7.08. The number of hydrogen-bond donors (Lipinski definition) is 2. The van der Waals surface area contributed by atoms with Crippen LogP contribution in [-0.4, -0.2) is 17.9 Å². The summed E-state index contributed by atoms with van der Waals surface area (Å²) >= 11 is 13.6. The number of halogens is 2. The van der Waals surface area contributed by atoms with E-state index in [-0.39, 0.29) is 21.5 Å². The van der Waals surface area contributed by atoms with Gasteiger partial charge >= 0.3 is 0 Å². The molecule has 3 aromatic rings. The van der Waals surface area contributed by atoms with Gasteiger partial charge in [-0.25, -0.2) is 0 Å². The van der Waals surface area contributed by atoms with E-state index in [1.54, 1.807) is 42.5 Å². The minimum atomic E-state index is -0.752. The van der Waals surface area contributed by atoms with Crippen LogP contribution in [0.15, 0.2) is 59.3 Å². The predicted molar refractivity (Wildman–Crippen MR) is 112 cm³/mol. The third-order valence-electron chi connectivity index (χ3n) is 3.92. The Morgan fingerprint density at radius 3 is 2.56 bits per heavy atom. The van der Waals surface area contributed by atoms with Crippen LogP contribution in [0, 0.1) is 0 Å². The number of nitrogens with one attached hydrogen (secondary N) is 2. The minimum Gasteiger partial charge on any atom is -0.340 e. The van der Waals surface area contributed by atoms with Gasteiger partial charge in [-0.1, -0.05) is 41.4 Å². The van der Waals surface area contributed by atoms with E-state index in [0.29, 0.717) is 5.69 Å². The summed E-state index contributed by atoms with van der Waals surface area (Å²) < 4.78 is 0. The number of amides is 2. The first-order valence-corrected chi connectivity index (χ1v) is 9.84. The van der Waals surface area contributed by atoms with E-state index < -0.39 is 11.9 Å². The molecule has 1 aromatic heterocycles. The van der Waals surface area contributed by atoms with Crippen molar-refractivity contribution in [3.63, 3.8) is 0 Å². The number of rotatable bonds is 5. The summed E-state index contributed by atoms with van der Waals surface area (Å²) in [6.07, 6.45) is 0. The minimum absolute atomic E-state index is 0.160. The molecule has 0 bridgehead atoms. The Morgan fingerprint density at radius 2 is 1.81 bits per heavy atom. The summed E-state index contributed by atoms with van der Waals surface area (Å²) in [7, 11) is 0. The van der Waals surface area contributed by atoms with Crippen molar-refractivity contribution in [1.29, 1.82) is 0 Å². The highest BCUT2D eigenvalue weighted by Crippen LogP contribution is 2.26. The van der Waals surface area contributed by atoms with Gasteiger partial charge in [0.15, 0.2) is 0 Å². The van der Waals surface area contributed by atoms with Crippen molar-refractivity contribution in [1.82, 2.24) is 5.32 Å². The number of carbonyl (C=O) groups excluding carboxylic acids is 2. The van der Waals surface area contributed by atoms with Crippen LogP contribution in [0.3, 0.4) is 0 Å². The van der Waals surface area contributed by atoms with Crippen LogP contribution >= 0.6 is 34.5 Å². The average molecular weight is 419 g/mol. The zero-order valence-electron chi connectivity index (χ0n) is 14.3. The summed E-state index contributed by atoms with van der Waals surface area (Å²) in [4.78, 5) is 24.8. The normalized spacial score (nSPS) is 11.7. The van der Waals surface area contributed by atoms with Gasteiger partial charge in [-0.3, -0.25) is 9.59 Å². The lowest BCUT2D eigenvalue weighted by Crippen LogP contribution is -2.41. The van der Waals surface area contributed by atoms with E-state index in [9.17, 15) is 9.59 Å². The predicted octanol–water partition coefficient (Wildman–Crippen LogP) is 5.48. The number of thiophene rings is 1. The van der Waals surface area contributed by atoms with E-state index in [4.69, 9.17) is 23.2 Å². The number of anilines is 1. The van der Waals surface area contributed by atoms with Crippen LogP contribution in [0.2, 0.25) is 10.0 Å². The fourth-order valence-electron chi connectivity index (χ4n) is 2.47. The molecule has 0 fully saturated rings. The molecule has 0 spiro atoms. The Balaban J connectivity index is 1.67. The van der Waals surface area contributed by atoms with Crippen molar-refractivity contribution in [2.75, 3.05) is 5.32 Å². The Kier molecular flexibility index (Phi) is 6.16. The topological polar surface area (TPSA) is 58.2 Å². The Hall–Kier alpha value is -2.34. The molecule has 7 heteroatoms. The van der Waals surface area contributed by atoms with Gasteiger partial charge < -0.3 is 10.6 Å². The standard InChI is InChI=1S/C20H16Cl2N2O2S/c1-12(23-20(26)16-6-3-7-17(21)18(16)22)19(25)24-15-5-2-4-13(10-15)14-8-9-27-11-14/h2-12H,1H3,(H,23,26)(H,24,25). The van der Waals surface area contributed by atoms with Crippen LogP contribution in [0.1, 0.15) is 17.3 Å². The van der Waals surface area contributed by atoms with Crippen molar-refractivity contribution >= 4 is 52.0 Å². The van der Waals surface area contributed by atoms with E-state index in [0.717, 1.165) is 11.1 Å². The maximum absolute atomic E-state index is 12.4. The second-order valence-corrected chi connectivity index (χ2v) is 7.44. The Morgan fingerprint density at radius 1 is 1.04 bits per heavy atom. The van der Waals surface area contributed by atoms with E-state index in [2.05, 4.69) is 10.6 Å². The van der Waals surface area contributed by atoms with Gasteiger partial charge in [-0.05, 0) is 59.1 Å². The van der Waals surface area contributed by atoms with Gasteiger partial charge in [0.25, 0.3) is 5.91 Å². The second kappa shape index (κ2) is 8.57. The molecule has 1 atom stereocenters. The lowest BCUT2D eigenvalue weighted by Gasteiger charge is -2.15. The molecular formula is C20H16Cl2N2O2S. The highest BCUT2D eigenvalue weighted by Gasteiger charge is 2.19. The molecule has 27 heavy (non-hydrogen) atoms. The molecule has 0 radical (unpaired) electrons. The smallest absolute Gasteiger partial charge is 0.253 e. The molecule has 2 amide bonds. The Labute approximate surface area is 171 Å². The molecule has 138 valence electrons. The molecule has 4 nitrogen and oxygen atoms in total. The van der Waals surface area contributed by atoms with Crippen LogP contribution in [0.4, 0.5) is 5.69 Å². The summed E-state index contributed by atoms with van der Waals surface area (Å²) in [5.74, 6) is -0.791. The fourth-order valence-corrected chi connectivity index (χ4v) is 3.53. The van der Waals surface area contributed by atoms with Gasteiger partial charge in [0, 0.05) is 5.69 Å². The molecule has 0 saturated heterocycles. The molecule has 2 N–H and O–H groups in total. The Bertz CT molecular complexity index is 974. The summed E-state index contributed by atoms with van der Waals surface area (Å²) in [6.45, 7) is 1.61. The summed E-state index contributed by atoms with van der Waals surface area (Å²) in [5, 5.41) is 9.93. The van der Waals surface area contributed by atoms with Gasteiger partial charge in [-0.15, -0.1) is 0 Å². The molecule has 2 aromatic carbocycles. The van der Waals surface area contributed by atoms with Crippen molar-refractivity contribution in [2.45, 2.75) is 13.0 Å². The van der Waals surface area contributed by atoms with E-state index in [1.807, 2.05) is 35.0 Å². The van der Waals surface area contributed by atoms with Crippen LogP contribution in [-0.2, 0) is 4.79 Å². The number of benzene rings is 2. The zero-order valence-corrected chi connectivity index (χ0v) is 16.7. The van der Waals surface area contributed by atoms with Gasteiger partial charge in [-0.2, -0.15) is 11.3 Å². The third kappa shape index (κ3) is 4.69. The van der Waals surface area contributed by atoms with Crippen LogP contribution in [0.25, 0.3) is 11.1 Å². The van der Waals surface area contributed by atoms with Gasteiger partial charge in [0.2, 0.25) is 5.91 Å². The van der Waals surface area contributed by atoms with Crippen molar-refractivity contribution in [3.05, 3.63) is 74.9 Å². The maximum atomic E-state index is 12.4. The van der Waals surface area contributed by atoms with E-state index >= 15 is 0 Å². The van der Waals surface area contributed by atoms with Gasteiger partial charge in [0.1, 0.15) is 6.04 Å². The zero-order chi connectivity index (χ0) is 19.4. The fraction of sp³-hybridized carbons (Fsp3) is 0.100. The lowest BCUT2D eigenvalue weighted by molar-refractivity contribution is -0.117. The first-order valence-electron chi connectivity index (χ1n) is 8.14. The second-order valence-electron chi connectivity index (χ2n) is 5.88. The monoisotopic (exact) mass is 418 g/mol. The molecule has 1 unspecified atom stereocenters. The largest absolute Gasteiger partial charge is 0.340 e. The molecule has 0 aliphatic carbocycles. The van der Waals surface area contributed by atoms with Crippen LogP contribution < -0.4 is 10.6 Å². The van der Waals surface area contributed by atoms with Crippen molar-refractivity contribution < 1.29 is 9.59 Å². The average Bonchev–Trinajstić information content (AvgIpc) is 3.19. The first kappa shape index (κ1) is 19.4. The SMILES string of the molecule is CC(NC(=O)c1cccc(Cl)c1Cl)C(=O)Nc1cccc(-c2ccsc2)c1. The van der Waals surface area contributed by atoms with Crippen molar-refractivity contribution in [3.8, 4) is 11.1 Å². The van der Waals surface area contributed by atoms with Crippen molar-refractivity contribution in [2.24, 2.45) is 0 Å².